The van der Waals surface area contributed by atoms with Gasteiger partial charge in [-0.15, -0.1) is 0 Å². The van der Waals surface area contributed by atoms with Crippen LogP contribution < -0.4 is 5.56 Å². The Morgan fingerprint density at radius 1 is 1.03 bits per heavy atom. The van der Waals surface area contributed by atoms with Crippen LogP contribution in [-0.4, -0.2) is 36.0 Å². The Morgan fingerprint density at radius 2 is 1.72 bits per heavy atom. The van der Waals surface area contributed by atoms with Crippen molar-refractivity contribution in [2.75, 3.05) is 0 Å². The fourth-order valence-corrected chi connectivity index (χ4v) is 3.24. The van der Waals surface area contributed by atoms with Crippen molar-refractivity contribution >= 4 is 28.6 Å². The number of carboxylic acids is 1. The van der Waals surface area contributed by atoms with Crippen LogP contribution in [0.2, 0.25) is 0 Å². The molecule has 0 saturated carbocycles. The molecule has 0 unspecified atom stereocenters. The third-order valence-electron chi connectivity index (χ3n) is 4.75. The van der Waals surface area contributed by atoms with Crippen LogP contribution in [0.3, 0.4) is 0 Å². The Morgan fingerprint density at radius 3 is 2.41 bits per heavy atom. The average Bonchev–Trinajstić information content (AvgIpc) is 2.99. The summed E-state index contributed by atoms with van der Waals surface area (Å²) >= 11 is 0. The Bertz CT molecular complexity index is 1300. The van der Waals surface area contributed by atoms with E-state index >= 15 is 0 Å². The number of hydrogen-bond acceptors (Lipinski definition) is 5. The second-order valence-corrected chi connectivity index (χ2v) is 6.83. The molecule has 2 aromatic heterocycles. The van der Waals surface area contributed by atoms with E-state index in [0.717, 1.165) is 5.56 Å². The molecule has 4 rings (SSSR count). The molecule has 2 aromatic carbocycles. The van der Waals surface area contributed by atoms with Crippen molar-refractivity contribution in [3.05, 3.63) is 75.7 Å². The number of imidazole rings is 1. The summed E-state index contributed by atoms with van der Waals surface area (Å²) in [7, 11) is 0. The average molecular weight is 390 g/mol. The highest BCUT2D eigenvalue weighted by Gasteiger charge is 2.18. The van der Waals surface area contributed by atoms with E-state index in [2.05, 4.69) is 10.1 Å². The smallest absolute Gasteiger partial charge is 0.303 e. The van der Waals surface area contributed by atoms with Crippen molar-refractivity contribution in [2.45, 2.75) is 26.3 Å². The van der Waals surface area contributed by atoms with Gasteiger partial charge in [0.2, 0.25) is 5.78 Å². The number of carboxylic acid groups (broad SMARTS) is 1. The maximum atomic E-state index is 12.8. The summed E-state index contributed by atoms with van der Waals surface area (Å²) in [5.41, 5.74) is 2.52. The third kappa shape index (κ3) is 3.52. The minimum absolute atomic E-state index is 0.00265. The monoisotopic (exact) mass is 390 g/mol. The zero-order valence-electron chi connectivity index (χ0n) is 15.7. The van der Waals surface area contributed by atoms with Gasteiger partial charge in [0.1, 0.15) is 5.69 Å². The number of rotatable bonds is 6. The van der Waals surface area contributed by atoms with Crippen molar-refractivity contribution in [3.8, 4) is 0 Å². The summed E-state index contributed by atoms with van der Waals surface area (Å²) in [5, 5.41) is 13.2. The standard InChI is InChI=1S/C21H18N4O4/c1-13-6-8-14(9-7-13)18(26)12-24-16-4-2-3-5-17(16)25-21(24)22-20(29)15(23-25)10-11-19(27)28/h2-9H,10-12H2,1H3,(H,27,28). The molecule has 0 spiro atoms. The molecule has 0 radical (unpaired) electrons. The first-order valence-corrected chi connectivity index (χ1v) is 9.13. The maximum Gasteiger partial charge on any atom is 0.303 e. The minimum Gasteiger partial charge on any atom is -0.481 e. The molecule has 0 amide bonds. The molecule has 2 heterocycles. The van der Waals surface area contributed by atoms with Crippen LogP contribution >= 0.6 is 0 Å². The number of aryl methyl sites for hydroxylation is 2. The van der Waals surface area contributed by atoms with Crippen molar-refractivity contribution in [2.24, 2.45) is 0 Å². The van der Waals surface area contributed by atoms with E-state index < -0.39 is 11.5 Å². The van der Waals surface area contributed by atoms with Gasteiger partial charge in [-0.3, -0.25) is 14.4 Å². The molecular formula is C21H18N4O4. The predicted molar refractivity (Wildman–Crippen MR) is 106 cm³/mol. The lowest BCUT2D eigenvalue weighted by molar-refractivity contribution is -0.136. The minimum atomic E-state index is -1.01. The van der Waals surface area contributed by atoms with Crippen molar-refractivity contribution in [1.29, 1.82) is 0 Å². The number of carbonyl (C=O) groups is 2. The number of hydrogen-bond donors (Lipinski definition) is 1. The molecule has 4 aromatic rings. The largest absolute Gasteiger partial charge is 0.481 e. The number of aromatic nitrogens is 4. The second-order valence-electron chi connectivity index (χ2n) is 6.83. The maximum absolute atomic E-state index is 12.8. The number of benzene rings is 2. The fraction of sp³-hybridized carbons (Fsp3) is 0.190. The first-order valence-electron chi connectivity index (χ1n) is 9.13. The molecule has 146 valence electrons. The highest BCUT2D eigenvalue weighted by Crippen LogP contribution is 2.19. The van der Waals surface area contributed by atoms with Gasteiger partial charge in [0, 0.05) is 12.0 Å². The number of nitrogens with zero attached hydrogens (tertiary/aromatic N) is 4. The normalized spacial score (nSPS) is 11.2. The van der Waals surface area contributed by atoms with Crippen molar-refractivity contribution in [3.63, 3.8) is 0 Å². The Balaban J connectivity index is 1.83. The molecule has 8 nitrogen and oxygen atoms in total. The lowest BCUT2D eigenvalue weighted by Crippen LogP contribution is -2.21. The molecule has 0 aliphatic carbocycles. The van der Waals surface area contributed by atoms with E-state index in [-0.39, 0.29) is 36.6 Å². The highest BCUT2D eigenvalue weighted by atomic mass is 16.4. The highest BCUT2D eigenvalue weighted by molar-refractivity contribution is 5.97. The zero-order chi connectivity index (χ0) is 20.5. The van der Waals surface area contributed by atoms with Gasteiger partial charge in [-0.25, -0.2) is 0 Å². The number of ketones is 1. The molecule has 1 N–H and O–H groups in total. The van der Waals surface area contributed by atoms with Crippen molar-refractivity contribution in [1.82, 2.24) is 19.2 Å². The van der Waals surface area contributed by atoms with Crippen LogP contribution in [0.15, 0.2) is 53.3 Å². The number of Topliss-reactive ketones (excluding diaryl/α,β-unsaturated/α-hetero) is 1. The summed E-state index contributed by atoms with van der Waals surface area (Å²) in [6, 6.07) is 14.6. The molecule has 0 atom stereocenters. The molecule has 29 heavy (non-hydrogen) atoms. The molecule has 0 fully saturated rings. The number of para-hydroxylation sites is 2. The van der Waals surface area contributed by atoms with E-state index in [1.54, 1.807) is 16.7 Å². The molecule has 0 saturated heterocycles. The van der Waals surface area contributed by atoms with E-state index in [1.807, 2.05) is 43.3 Å². The SMILES string of the molecule is Cc1ccc(C(=O)Cn2c3ccccc3n3nc(CCC(=O)O)c(=O)nc23)cc1. The van der Waals surface area contributed by atoms with Gasteiger partial charge < -0.3 is 9.67 Å². The van der Waals surface area contributed by atoms with Gasteiger partial charge in [-0.05, 0) is 19.1 Å². The number of fused-ring (bicyclic) bond motifs is 3. The Kier molecular flexibility index (Phi) is 4.67. The molecule has 0 aliphatic rings. The van der Waals surface area contributed by atoms with Gasteiger partial charge in [0.25, 0.3) is 5.56 Å². The molecule has 0 bridgehead atoms. The topological polar surface area (TPSA) is 107 Å². The quantitative estimate of drug-likeness (QED) is 0.506. The van der Waals surface area contributed by atoms with Gasteiger partial charge >= 0.3 is 5.97 Å². The molecular weight excluding hydrogens is 372 g/mol. The Labute approximate surface area is 165 Å². The summed E-state index contributed by atoms with van der Waals surface area (Å²) in [4.78, 5) is 40.2. The summed E-state index contributed by atoms with van der Waals surface area (Å²) in [6.07, 6.45) is -0.216. The number of aliphatic carboxylic acids is 1. The first kappa shape index (κ1) is 18.5. The van der Waals surface area contributed by atoms with Crippen LogP contribution in [0.1, 0.15) is 28.0 Å². The fourth-order valence-electron chi connectivity index (χ4n) is 3.24. The zero-order valence-corrected chi connectivity index (χ0v) is 15.7. The van der Waals surface area contributed by atoms with E-state index in [1.165, 1.54) is 4.52 Å². The summed E-state index contributed by atoms with van der Waals surface area (Å²) < 4.78 is 3.16. The van der Waals surface area contributed by atoms with Gasteiger partial charge in [-0.2, -0.15) is 14.6 Å². The predicted octanol–water partition coefficient (Wildman–Crippen LogP) is 2.25. The third-order valence-corrected chi connectivity index (χ3v) is 4.75. The van der Waals surface area contributed by atoms with Crippen molar-refractivity contribution < 1.29 is 14.7 Å². The molecule has 8 heteroatoms. The van der Waals surface area contributed by atoms with Crippen LogP contribution in [0.5, 0.6) is 0 Å². The van der Waals surface area contributed by atoms with Crippen LogP contribution in [0.4, 0.5) is 0 Å². The van der Waals surface area contributed by atoms with E-state index in [0.29, 0.717) is 16.6 Å². The summed E-state index contributed by atoms with van der Waals surface area (Å²) in [5.74, 6) is -0.879. The van der Waals surface area contributed by atoms with E-state index in [9.17, 15) is 14.4 Å². The van der Waals surface area contributed by atoms with Crippen LogP contribution in [-0.2, 0) is 17.8 Å². The number of carbonyl (C=O) groups excluding carboxylic acids is 1. The molecule has 0 aliphatic heterocycles. The lowest BCUT2D eigenvalue weighted by Gasteiger charge is -2.06. The van der Waals surface area contributed by atoms with Gasteiger partial charge in [0.15, 0.2) is 5.78 Å². The first-order chi connectivity index (χ1) is 13.9. The summed E-state index contributed by atoms with van der Waals surface area (Å²) in [6.45, 7) is 1.95. The van der Waals surface area contributed by atoms with Gasteiger partial charge in [-0.1, -0.05) is 42.0 Å². The second kappa shape index (κ2) is 7.31. The van der Waals surface area contributed by atoms with Crippen LogP contribution in [0, 0.1) is 6.92 Å². The van der Waals surface area contributed by atoms with Crippen LogP contribution in [0.25, 0.3) is 16.8 Å². The lowest BCUT2D eigenvalue weighted by atomic mass is 10.1. The van der Waals surface area contributed by atoms with Gasteiger partial charge in [0.05, 0.1) is 24.0 Å². The van der Waals surface area contributed by atoms with E-state index in [4.69, 9.17) is 5.11 Å². The Hall–Kier alpha value is -3.81.